The van der Waals surface area contributed by atoms with Crippen LogP contribution in [-0.2, 0) is 6.18 Å². The summed E-state index contributed by atoms with van der Waals surface area (Å²) >= 11 is 11.1. The molecule has 0 unspecified atom stereocenters. The lowest BCUT2D eigenvalue weighted by molar-refractivity contribution is -0.137. The van der Waals surface area contributed by atoms with Crippen LogP contribution in [0.15, 0.2) is 59.0 Å². The third kappa shape index (κ3) is 5.31. The fourth-order valence-corrected chi connectivity index (χ4v) is 2.85. The smallest absolute Gasteiger partial charge is 0.416 e. The molecule has 3 aromatic rings. The van der Waals surface area contributed by atoms with Gasteiger partial charge in [-0.3, -0.25) is 15.6 Å². The second kappa shape index (κ2) is 8.76. The lowest BCUT2D eigenvalue weighted by Crippen LogP contribution is -2.43. The number of amides is 1. The molecule has 0 saturated heterocycles. The van der Waals surface area contributed by atoms with Gasteiger partial charge in [-0.05, 0) is 61.6 Å². The summed E-state index contributed by atoms with van der Waals surface area (Å²) in [6.45, 7) is 1.95. The molecule has 0 spiro atoms. The molecule has 1 amide bonds. The standard InChI is InChI=1S/C20H15ClF3N3O2S/c1-11-2-5-13(6-3-11)25-19(30)27-26-18(28)17-9-8-16(29-17)14-10-12(20(22,23)24)4-7-15(14)21/h2-10H,1H3,(H,26,28)(H2,25,27,30). The molecule has 1 heterocycles. The van der Waals surface area contributed by atoms with Crippen LogP contribution in [0.1, 0.15) is 21.7 Å². The lowest BCUT2D eigenvalue weighted by atomic mass is 10.1. The van der Waals surface area contributed by atoms with E-state index in [2.05, 4.69) is 16.2 Å². The van der Waals surface area contributed by atoms with Crippen LogP contribution in [0, 0.1) is 6.92 Å². The lowest BCUT2D eigenvalue weighted by Gasteiger charge is -2.11. The predicted molar refractivity (Wildman–Crippen MR) is 112 cm³/mol. The molecular formula is C20H15ClF3N3O2S. The quantitative estimate of drug-likeness (QED) is 0.358. The van der Waals surface area contributed by atoms with Gasteiger partial charge in [-0.15, -0.1) is 0 Å². The van der Waals surface area contributed by atoms with Crippen LogP contribution in [0.25, 0.3) is 11.3 Å². The molecule has 0 bridgehead atoms. The summed E-state index contributed by atoms with van der Waals surface area (Å²) in [5.41, 5.74) is 5.83. The van der Waals surface area contributed by atoms with Crippen molar-refractivity contribution in [3.05, 3.63) is 76.5 Å². The number of halogens is 4. The number of nitrogens with one attached hydrogen (secondary N) is 3. The highest BCUT2D eigenvalue weighted by atomic mass is 35.5. The number of alkyl halides is 3. The third-order valence-corrected chi connectivity index (χ3v) is 4.52. The van der Waals surface area contributed by atoms with Crippen molar-refractivity contribution in [1.82, 2.24) is 10.9 Å². The minimum absolute atomic E-state index is 0.0232. The SMILES string of the molecule is Cc1ccc(NC(=S)NNC(=O)c2ccc(-c3cc(C(F)(F)F)ccc3Cl)o2)cc1. The van der Waals surface area contributed by atoms with Crippen LogP contribution in [0.2, 0.25) is 5.02 Å². The molecule has 5 nitrogen and oxygen atoms in total. The van der Waals surface area contributed by atoms with Crippen molar-refractivity contribution in [2.75, 3.05) is 5.32 Å². The zero-order valence-electron chi connectivity index (χ0n) is 15.4. The zero-order chi connectivity index (χ0) is 21.9. The van der Waals surface area contributed by atoms with Crippen LogP contribution in [0.3, 0.4) is 0 Å². The molecule has 0 saturated carbocycles. The molecule has 0 aliphatic carbocycles. The second-order valence-corrected chi connectivity index (χ2v) is 7.07. The molecular weight excluding hydrogens is 439 g/mol. The number of rotatable bonds is 3. The summed E-state index contributed by atoms with van der Waals surface area (Å²) in [5.74, 6) is -0.780. The van der Waals surface area contributed by atoms with Gasteiger partial charge in [-0.1, -0.05) is 29.3 Å². The number of anilines is 1. The molecule has 3 rings (SSSR count). The minimum atomic E-state index is -4.53. The normalized spacial score (nSPS) is 11.1. The van der Waals surface area contributed by atoms with Gasteiger partial charge in [-0.2, -0.15) is 13.2 Å². The fourth-order valence-electron chi connectivity index (χ4n) is 2.47. The van der Waals surface area contributed by atoms with Crippen LogP contribution in [0.5, 0.6) is 0 Å². The van der Waals surface area contributed by atoms with E-state index in [1.807, 2.05) is 31.2 Å². The average Bonchev–Trinajstić information content (AvgIpc) is 3.17. The van der Waals surface area contributed by atoms with E-state index in [1.165, 1.54) is 12.1 Å². The Kier molecular flexibility index (Phi) is 6.33. The highest BCUT2D eigenvalue weighted by Gasteiger charge is 2.31. The van der Waals surface area contributed by atoms with Gasteiger partial charge in [0.1, 0.15) is 5.76 Å². The van der Waals surface area contributed by atoms with Crippen molar-refractivity contribution in [2.45, 2.75) is 13.1 Å². The van der Waals surface area contributed by atoms with Gasteiger partial charge in [0.15, 0.2) is 10.9 Å². The van der Waals surface area contributed by atoms with Crippen LogP contribution >= 0.6 is 23.8 Å². The number of aryl methyl sites for hydroxylation is 1. The van der Waals surface area contributed by atoms with Crippen molar-refractivity contribution in [3.63, 3.8) is 0 Å². The maximum atomic E-state index is 12.9. The molecule has 10 heteroatoms. The summed E-state index contributed by atoms with van der Waals surface area (Å²) in [7, 11) is 0. The molecule has 0 atom stereocenters. The molecule has 30 heavy (non-hydrogen) atoms. The summed E-state index contributed by atoms with van der Waals surface area (Å²) in [6, 6.07) is 13.0. The Balaban J connectivity index is 1.65. The Labute approximate surface area is 180 Å². The number of carbonyl (C=O) groups excluding carboxylic acids is 1. The van der Waals surface area contributed by atoms with Crippen LogP contribution in [-0.4, -0.2) is 11.0 Å². The van der Waals surface area contributed by atoms with Gasteiger partial charge in [-0.25, -0.2) is 0 Å². The summed E-state index contributed by atoms with van der Waals surface area (Å²) < 4.78 is 44.2. The first-order valence-electron chi connectivity index (χ1n) is 8.54. The maximum Gasteiger partial charge on any atom is 0.416 e. The van der Waals surface area contributed by atoms with Gasteiger partial charge in [0, 0.05) is 11.3 Å². The van der Waals surface area contributed by atoms with E-state index in [-0.39, 0.29) is 27.2 Å². The van der Waals surface area contributed by atoms with E-state index in [1.54, 1.807) is 0 Å². The number of thiocarbonyl (C=S) groups is 1. The number of benzene rings is 2. The van der Waals surface area contributed by atoms with Crippen molar-refractivity contribution < 1.29 is 22.4 Å². The van der Waals surface area contributed by atoms with E-state index in [4.69, 9.17) is 28.2 Å². The summed E-state index contributed by atoms with van der Waals surface area (Å²) in [5, 5.41) is 3.09. The summed E-state index contributed by atoms with van der Waals surface area (Å²) in [6.07, 6.45) is -4.53. The van der Waals surface area contributed by atoms with Crippen molar-refractivity contribution in [1.29, 1.82) is 0 Å². The topological polar surface area (TPSA) is 66.3 Å². The molecule has 1 aromatic heterocycles. The largest absolute Gasteiger partial charge is 0.451 e. The highest BCUT2D eigenvalue weighted by molar-refractivity contribution is 7.80. The van der Waals surface area contributed by atoms with Gasteiger partial charge in [0.25, 0.3) is 0 Å². The van der Waals surface area contributed by atoms with E-state index in [0.717, 1.165) is 29.4 Å². The average molecular weight is 454 g/mol. The number of hydrazine groups is 1. The van der Waals surface area contributed by atoms with Crippen molar-refractivity contribution in [3.8, 4) is 11.3 Å². The monoisotopic (exact) mass is 453 g/mol. The molecule has 2 aromatic carbocycles. The Bertz CT molecular complexity index is 1080. The molecule has 0 aliphatic heterocycles. The van der Waals surface area contributed by atoms with E-state index < -0.39 is 17.6 Å². The van der Waals surface area contributed by atoms with E-state index in [9.17, 15) is 18.0 Å². The molecule has 156 valence electrons. The molecule has 0 fully saturated rings. The van der Waals surface area contributed by atoms with Crippen LogP contribution in [0.4, 0.5) is 18.9 Å². The van der Waals surface area contributed by atoms with Gasteiger partial charge < -0.3 is 9.73 Å². The Morgan fingerprint density at radius 3 is 2.40 bits per heavy atom. The van der Waals surface area contributed by atoms with E-state index >= 15 is 0 Å². The Morgan fingerprint density at radius 1 is 1.03 bits per heavy atom. The van der Waals surface area contributed by atoms with Gasteiger partial charge in [0.05, 0.1) is 10.6 Å². The van der Waals surface area contributed by atoms with E-state index in [0.29, 0.717) is 0 Å². The minimum Gasteiger partial charge on any atom is -0.451 e. The Hall–Kier alpha value is -3.04. The number of carbonyl (C=O) groups is 1. The number of hydrogen-bond acceptors (Lipinski definition) is 3. The first kappa shape index (κ1) is 21.7. The summed E-state index contributed by atoms with van der Waals surface area (Å²) in [4.78, 5) is 12.2. The fraction of sp³-hybridized carbons (Fsp3) is 0.100. The Morgan fingerprint density at radius 2 is 1.73 bits per heavy atom. The zero-order valence-corrected chi connectivity index (χ0v) is 17.0. The van der Waals surface area contributed by atoms with Crippen molar-refractivity contribution >= 4 is 40.5 Å². The first-order chi connectivity index (χ1) is 14.1. The number of furan rings is 1. The molecule has 0 radical (unpaired) electrons. The van der Waals surface area contributed by atoms with Gasteiger partial charge >= 0.3 is 12.1 Å². The number of hydrogen-bond donors (Lipinski definition) is 3. The van der Waals surface area contributed by atoms with Crippen LogP contribution < -0.4 is 16.2 Å². The van der Waals surface area contributed by atoms with Gasteiger partial charge in [0.2, 0.25) is 0 Å². The highest BCUT2D eigenvalue weighted by Crippen LogP contribution is 2.36. The van der Waals surface area contributed by atoms with Crippen molar-refractivity contribution in [2.24, 2.45) is 0 Å². The maximum absolute atomic E-state index is 12.9. The predicted octanol–water partition coefficient (Wildman–Crippen LogP) is 5.56. The first-order valence-corrected chi connectivity index (χ1v) is 9.33. The molecule has 3 N–H and O–H groups in total. The third-order valence-electron chi connectivity index (χ3n) is 3.99. The molecule has 0 aliphatic rings. The second-order valence-electron chi connectivity index (χ2n) is 6.26.